The molecule has 2 rings (SSSR count). The van der Waals surface area contributed by atoms with Gasteiger partial charge >= 0.3 is 0 Å². The number of hydrogen-bond acceptors (Lipinski definition) is 4. The predicted molar refractivity (Wildman–Crippen MR) is 64.6 cm³/mol. The van der Waals surface area contributed by atoms with Gasteiger partial charge in [0.25, 0.3) is 5.69 Å². The number of aromatic nitrogens is 1. The number of nitrogens with one attached hydrogen (secondary N) is 1. The topological polar surface area (TPSA) is 68.1 Å². The van der Waals surface area contributed by atoms with Crippen molar-refractivity contribution in [3.05, 3.63) is 64.2 Å². The number of halogens is 1. The van der Waals surface area contributed by atoms with Gasteiger partial charge in [-0.2, -0.15) is 4.39 Å². The fourth-order valence-corrected chi connectivity index (χ4v) is 1.55. The SMILES string of the molecule is O=[N+]([O-])c1ccccc1CNc1ccnc(F)c1. The van der Waals surface area contributed by atoms with E-state index in [4.69, 9.17) is 0 Å². The average Bonchev–Trinajstić information content (AvgIpc) is 2.37. The van der Waals surface area contributed by atoms with Crippen LogP contribution in [0.3, 0.4) is 0 Å². The zero-order chi connectivity index (χ0) is 13.0. The first-order valence-electron chi connectivity index (χ1n) is 5.24. The number of hydrogen-bond donors (Lipinski definition) is 1. The highest BCUT2D eigenvalue weighted by Gasteiger charge is 2.11. The lowest BCUT2D eigenvalue weighted by Gasteiger charge is -2.06. The second kappa shape index (κ2) is 5.22. The van der Waals surface area contributed by atoms with Crippen LogP contribution in [0.5, 0.6) is 0 Å². The molecule has 0 fully saturated rings. The summed E-state index contributed by atoms with van der Waals surface area (Å²) in [4.78, 5) is 13.8. The maximum atomic E-state index is 12.8. The highest BCUT2D eigenvalue weighted by molar-refractivity contribution is 5.46. The normalized spacial score (nSPS) is 10.1. The standard InChI is InChI=1S/C12H10FN3O2/c13-12-7-10(5-6-14-12)15-8-9-3-1-2-4-11(9)16(17)18/h1-7H,8H2,(H,14,15). The molecule has 0 aliphatic heterocycles. The molecule has 0 saturated heterocycles. The maximum Gasteiger partial charge on any atom is 0.274 e. The van der Waals surface area contributed by atoms with Gasteiger partial charge in [-0.05, 0) is 6.07 Å². The highest BCUT2D eigenvalue weighted by atomic mass is 19.1. The van der Waals surface area contributed by atoms with Crippen LogP contribution in [0.2, 0.25) is 0 Å². The Balaban J connectivity index is 2.13. The molecule has 0 bridgehead atoms. The van der Waals surface area contributed by atoms with Crippen molar-refractivity contribution in [2.45, 2.75) is 6.54 Å². The lowest BCUT2D eigenvalue weighted by molar-refractivity contribution is -0.385. The van der Waals surface area contributed by atoms with Gasteiger partial charge in [0.05, 0.1) is 4.92 Å². The molecule has 0 amide bonds. The Labute approximate surface area is 102 Å². The molecule has 6 heteroatoms. The van der Waals surface area contributed by atoms with Crippen LogP contribution in [0.25, 0.3) is 0 Å². The zero-order valence-electron chi connectivity index (χ0n) is 9.34. The molecule has 0 saturated carbocycles. The van der Waals surface area contributed by atoms with E-state index in [0.29, 0.717) is 11.3 Å². The zero-order valence-corrected chi connectivity index (χ0v) is 9.34. The van der Waals surface area contributed by atoms with Gasteiger partial charge < -0.3 is 5.32 Å². The van der Waals surface area contributed by atoms with Crippen molar-refractivity contribution in [3.8, 4) is 0 Å². The molecular weight excluding hydrogens is 237 g/mol. The van der Waals surface area contributed by atoms with Crippen molar-refractivity contribution in [2.24, 2.45) is 0 Å². The van der Waals surface area contributed by atoms with Gasteiger partial charge in [-0.3, -0.25) is 10.1 Å². The molecule has 18 heavy (non-hydrogen) atoms. The van der Waals surface area contributed by atoms with E-state index in [1.54, 1.807) is 24.3 Å². The van der Waals surface area contributed by atoms with Gasteiger partial charge in [-0.25, -0.2) is 4.98 Å². The Bertz CT molecular complexity index is 575. The molecule has 0 atom stereocenters. The van der Waals surface area contributed by atoms with Gasteiger partial charge in [0.1, 0.15) is 0 Å². The predicted octanol–water partition coefficient (Wildman–Crippen LogP) is 2.74. The molecular formula is C12H10FN3O2. The summed E-state index contributed by atoms with van der Waals surface area (Å²) in [5, 5.41) is 13.7. The Hall–Kier alpha value is -2.50. The van der Waals surface area contributed by atoms with Gasteiger partial charge in [0, 0.05) is 36.1 Å². The van der Waals surface area contributed by atoms with Crippen molar-refractivity contribution in [1.29, 1.82) is 0 Å². The van der Waals surface area contributed by atoms with Crippen LogP contribution in [-0.2, 0) is 6.54 Å². The minimum Gasteiger partial charge on any atom is -0.381 e. The molecule has 0 aliphatic carbocycles. The van der Waals surface area contributed by atoms with Gasteiger partial charge in [-0.15, -0.1) is 0 Å². The molecule has 0 radical (unpaired) electrons. The van der Waals surface area contributed by atoms with Crippen molar-refractivity contribution >= 4 is 11.4 Å². The number of nitro groups is 1. The average molecular weight is 247 g/mol. The lowest BCUT2D eigenvalue weighted by atomic mass is 10.2. The summed E-state index contributed by atoms with van der Waals surface area (Å²) in [6.45, 7) is 0.251. The number of nitrogens with zero attached hydrogens (tertiary/aromatic N) is 2. The van der Waals surface area contributed by atoms with Crippen LogP contribution in [0.15, 0.2) is 42.6 Å². The van der Waals surface area contributed by atoms with Crippen LogP contribution < -0.4 is 5.32 Å². The van der Waals surface area contributed by atoms with Crippen molar-refractivity contribution < 1.29 is 9.31 Å². The van der Waals surface area contributed by atoms with Crippen molar-refractivity contribution in [1.82, 2.24) is 4.98 Å². The smallest absolute Gasteiger partial charge is 0.274 e. The Morgan fingerprint density at radius 3 is 2.83 bits per heavy atom. The number of para-hydroxylation sites is 1. The molecule has 5 nitrogen and oxygen atoms in total. The lowest BCUT2D eigenvalue weighted by Crippen LogP contribution is -2.03. The van der Waals surface area contributed by atoms with E-state index in [0.717, 1.165) is 0 Å². The number of rotatable bonds is 4. The number of anilines is 1. The molecule has 0 spiro atoms. The largest absolute Gasteiger partial charge is 0.381 e. The third kappa shape index (κ3) is 2.79. The summed E-state index contributed by atoms with van der Waals surface area (Å²) in [5.74, 6) is -0.595. The second-order valence-corrected chi connectivity index (χ2v) is 3.61. The third-order valence-corrected chi connectivity index (χ3v) is 2.40. The summed E-state index contributed by atoms with van der Waals surface area (Å²) in [5.41, 5.74) is 1.11. The Morgan fingerprint density at radius 1 is 1.33 bits per heavy atom. The summed E-state index contributed by atoms with van der Waals surface area (Å²) in [7, 11) is 0. The van der Waals surface area contributed by atoms with Crippen LogP contribution in [0, 0.1) is 16.1 Å². The number of nitro benzene ring substituents is 1. The minimum atomic E-state index is -0.595. The summed E-state index contributed by atoms with van der Waals surface area (Å²) >= 11 is 0. The van der Waals surface area contributed by atoms with E-state index in [9.17, 15) is 14.5 Å². The van der Waals surface area contributed by atoms with E-state index in [2.05, 4.69) is 10.3 Å². The number of benzene rings is 1. The highest BCUT2D eigenvalue weighted by Crippen LogP contribution is 2.19. The molecule has 1 aromatic heterocycles. The van der Waals surface area contributed by atoms with Gasteiger partial charge in [-0.1, -0.05) is 18.2 Å². The fraction of sp³-hybridized carbons (Fsp3) is 0.0833. The molecule has 92 valence electrons. The van der Waals surface area contributed by atoms with E-state index in [1.807, 2.05) is 0 Å². The summed E-state index contributed by atoms with van der Waals surface area (Å²) in [6, 6.07) is 9.24. The maximum absolute atomic E-state index is 12.8. The second-order valence-electron chi connectivity index (χ2n) is 3.61. The molecule has 2 aromatic rings. The summed E-state index contributed by atoms with van der Waals surface area (Å²) < 4.78 is 12.8. The van der Waals surface area contributed by atoms with E-state index < -0.39 is 10.9 Å². The Morgan fingerprint density at radius 2 is 2.11 bits per heavy atom. The van der Waals surface area contributed by atoms with Crippen LogP contribution in [0.1, 0.15) is 5.56 Å². The Kier molecular flexibility index (Phi) is 3.47. The molecule has 0 aliphatic rings. The van der Waals surface area contributed by atoms with Crippen LogP contribution in [0.4, 0.5) is 15.8 Å². The first-order chi connectivity index (χ1) is 8.66. The number of pyridine rings is 1. The van der Waals surface area contributed by atoms with Crippen LogP contribution >= 0.6 is 0 Å². The molecule has 0 unspecified atom stereocenters. The van der Waals surface area contributed by atoms with Gasteiger partial charge in [0.2, 0.25) is 5.95 Å². The van der Waals surface area contributed by atoms with Crippen molar-refractivity contribution in [2.75, 3.05) is 5.32 Å². The monoisotopic (exact) mass is 247 g/mol. The fourth-order valence-electron chi connectivity index (χ4n) is 1.55. The van der Waals surface area contributed by atoms with E-state index in [-0.39, 0.29) is 12.2 Å². The van der Waals surface area contributed by atoms with Crippen molar-refractivity contribution in [3.63, 3.8) is 0 Å². The third-order valence-electron chi connectivity index (χ3n) is 2.40. The molecule has 1 aromatic carbocycles. The van der Waals surface area contributed by atoms with E-state index >= 15 is 0 Å². The first-order valence-corrected chi connectivity index (χ1v) is 5.24. The molecule has 1 N–H and O–H groups in total. The molecule has 1 heterocycles. The quantitative estimate of drug-likeness (QED) is 0.512. The van der Waals surface area contributed by atoms with Gasteiger partial charge in [0.15, 0.2) is 0 Å². The van der Waals surface area contributed by atoms with E-state index in [1.165, 1.54) is 18.3 Å². The van der Waals surface area contributed by atoms with Crippen LogP contribution in [-0.4, -0.2) is 9.91 Å². The first kappa shape index (κ1) is 12.0. The summed E-state index contributed by atoms with van der Waals surface area (Å²) in [6.07, 6.45) is 1.33. The minimum absolute atomic E-state index is 0.0412.